The number of amides is 1. The summed E-state index contributed by atoms with van der Waals surface area (Å²) in [5, 5.41) is 3.01. The summed E-state index contributed by atoms with van der Waals surface area (Å²) in [5.41, 5.74) is 9.00. The maximum Gasteiger partial charge on any atom is 0.261 e. The van der Waals surface area contributed by atoms with Crippen LogP contribution in [-0.4, -0.2) is 12.5 Å². The van der Waals surface area contributed by atoms with E-state index < -0.39 is 0 Å². The second-order valence-corrected chi connectivity index (χ2v) is 6.65. The second-order valence-electron chi connectivity index (χ2n) is 5.51. The molecule has 2 aromatic rings. The highest BCUT2D eigenvalue weighted by Crippen LogP contribution is 2.29. The van der Waals surface area contributed by atoms with Crippen LogP contribution in [0.15, 0.2) is 30.3 Å². The van der Waals surface area contributed by atoms with E-state index in [-0.39, 0.29) is 5.91 Å². The molecule has 3 nitrogen and oxygen atoms in total. The maximum atomic E-state index is 12.2. The molecule has 1 aliphatic carbocycles. The van der Waals surface area contributed by atoms with Crippen LogP contribution in [0.25, 0.3) is 0 Å². The van der Waals surface area contributed by atoms with Crippen molar-refractivity contribution in [3.05, 3.63) is 51.2 Å². The van der Waals surface area contributed by atoms with Gasteiger partial charge in [0.15, 0.2) is 0 Å². The largest absolute Gasteiger partial charge is 0.399 e. The molecule has 110 valence electrons. The average Bonchev–Trinajstić information content (AvgIpc) is 2.93. The van der Waals surface area contributed by atoms with Gasteiger partial charge in [-0.3, -0.25) is 4.79 Å². The Hall–Kier alpha value is -1.81. The number of aryl methyl sites for hydroxylation is 2. The first kappa shape index (κ1) is 14.1. The van der Waals surface area contributed by atoms with Gasteiger partial charge in [0.1, 0.15) is 0 Å². The van der Waals surface area contributed by atoms with Gasteiger partial charge >= 0.3 is 0 Å². The molecule has 0 atom stereocenters. The molecule has 3 rings (SSSR count). The molecule has 21 heavy (non-hydrogen) atoms. The van der Waals surface area contributed by atoms with Gasteiger partial charge in [-0.05, 0) is 61.4 Å². The molecule has 0 fully saturated rings. The van der Waals surface area contributed by atoms with Gasteiger partial charge in [0.25, 0.3) is 5.91 Å². The number of hydrogen-bond acceptors (Lipinski definition) is 3. The zero-order valence-electron chi connectivity index (χ0n) is 12.0. The molecular formula is C17H20N2OS. The van der Waals surface area contributed by atoms with Gasteiger partial charge in [0.2, 0.25) is 0 Å². The number of nitrogens with two attached hydrogens (primary N) is 1. The van der Waals surface area contributed by atoms with Crippen molar-refractivity contribution >= 4 is 22.9 Å². The van der Waals surface area contributed by atoms with Gasteiger partial charge in [0.05, 0.1) is 4.88 Å². The number of nitrogen functional groups attached to an aromatic ring is 1. The SMILES string of the molecule is Nc1ccc(CCNC(=O)c2cc3c(s2)CCCC3)cc1. The van der Waals surface area contributed by atoms with Gasteiger partial charge in [-0.25, -0.2) is 0 Å². The van der Waals surface area contributed by atoms with Crippen LogP contribution in [0.3, 0.4) is 0 Å². The van der Waals surface area contributed by atoms with Crippen LogP contribution < -0.4 is 11.1 Å². The summed E-state index contributed by atoms with van der Waals surface area (Å²) in [7, 11) is 0. The summed E-state index contributed by atoms with van der Waals surface area (Å²) < 4.78 is 0. The number of benzene rings is 1. The summed E-state index contributed by atoms with van der Waals surface area (Å²) in [6.07, 6.45) is 5.61. The Morgan fingerprint density at radius 3 is 2.71 bits per heavy atom. The molecule has 0 saturated carbocycles. The smallest absolute Gasteiger partial charge is 0.261 e. The molecule has 1 aromatic heterocycles. The number of thiophene rings is 1. The first-order valence-corrected chi connectivity index (χ1v) is 8.28. The monoisotopic (exact) mass is 300 g/mol. The van der Waals surface area contributed by atoms with E-state index in [9.17, 15) is 4.79 Å². The molecular weight excluding hydrogens is 280 g/mol. The summed E-state index contributed by atoms with van der Waals surface area (Å²) in [4.78, 5) is 14.5. The van der Waals surface area contributed by atoms with E-state index in [1.54, 1.807) is 11.3 Å². The summed E-state index contributed by atoms with van der Waals surface area (Å²) in [6, 6.07) is 9.88. The molecule has 0 spiro atoms. The first-order valence-electron chi connectivity index (χ1n) is 7.46. The van der Waals surface area contributed by atoms with Crippen molar-refractivity contribution in [3.63, 3.8) is 0 Å². The fourth-order valence-corrected chi connectivity index (χ4v) is 3.86. The molecule has 0 saturated heterocycles. The van der Waals surface area contributed by atoms with Gasteiger partial charge in [-0.1, -0.05) is 12.1 Å². The fraction of sp³-hybridized carbons (Fsp3) is 0.353. The van der Waals surface area contributed by atoms with Crippen LogP contribution in [-0.2, 0) is 19.3 Å². The van der Waals surface area contributed by atoms with E-state index >= 15 is 0 Å². The van der Waals surface area contributed by atoms with Crippen molar-refractivity contribution in [2.45, 2.75) is 32.1 Å². The number of hydrogen-bond donors (Lipinski definition) is 2. The lowest BCUT2D eigenvalue weighted by Gasteiger charge is -2.08. The molecule has 4 heteroatoms. The van der Waals surface area contributed by atoms with Gasteiger partial charge in [0, 0.05) is 17.1 Å². The van der Waals surface area contributed by atoms with Crippen molar-refractivity contribution in [2.24, 2.45) is 0 Å². The Morgan fingerprint density at radius 2 is 1.95 bits per heavy atom. The number of carbonyl (C=O) groups is 1. The molecule has 1 heterocycles. The third-order valence-corrected chi connectivity index (χ3v) is 5.14. The zero-order chi connectivity index (χ0) is 14.7. The van der Waals surface area contributed by atoms with Crippen LogP contribution in [0.5, 0.6) is 0 Å². The van der Waals surface area contributed by atoms with E-state index in [2.05, 4.69) is 11.4 Å². The van der Waals surface area contributed by atoms with Crippen LogP contribution in [0, 0.1) is 0 Å². The zero-order valence-corrected chi connectivity index (χ0v) is 12.8. The lowest BCUT2D eigenvalue weighted by atomic mass is 9.99. The molecule has 3 N–H and O–H groups in total. The minimum absolute atomic E-state index is 0.0600. The fourth-order valence-electron chi connectivity index (χ4n) is 2.69. The molecule has 1 aromatic carbocycles. The van der Waals surface area contributed by atoms with Gasteiger partial charge in [-0.15, -0.1) is 11.3 Å². The Labute approximate surface area is 129 Å². The van der Waals surface area contributed by atoms with Crippen LogP contribution >= 0.6 is 11.3 Å². The minimum atomic E-state index is 0.0600. The van der Waals surface area contributed by atoms with Gasteiger partial charge in [-0.2, -0.15) is 0 Å². The Morgan fingerprint density at radius 1 is 1.19 bits per heavy atom. The van der Waals surface area contributed by atoms with Gasteiger partial charge < -0.3 is 11.1 Å². The molecule has 0 radical (unpaired) electrons. The van der Waals surface area contributed by atoms with Crippen molar-refractivity contribution < 1.29 is 4.79 Å². The van der Waals surface area contributed by atoms with E-state index in [4.69, 9.17) is 5.73 Å². The lowest BCUT2D eigenvalue weighted by molar-refractivity contribution is 0.0958. The second kappa shape index (κ2) is 6.31. The lowest BCUT2D eigenvalue weighted by Crippen LogP contribution is -2.24. The number of fused-ring (bicyclic) bond motifs is 1. The standard InChI is InChI=1S/C17H20N2OS/c18-14-7-5-12(6-8-14)9-10-19-17(20)16-11-13-3-1-2-4-15(13)21-16/h5-8,11H,1-4,9-10,18H2,(H,19,20). The average molecular weight is 300 g/mol. The van der Waals surface area contributed by atoms with E-state index in [0.29, 0.717) is 6.54 Å². The summed E-state index contributed by atoms with van der Waals surface area (Å²) in [6.45, 7) is 0.658. The van der Waals surface area contributed by atoms with Crippen LogP contribution in [0.2, 0.25) is 0 Å². The maximum absolute atomic E-state index is 12.2. The third kappa shape index (κ3) is 3.45. The number of nitrogens with one attached hydrogen (secondary N) is 1. The minimum Gasteiger partial charge on any atom is -0.399 e. The number of rotatable bonds is 4. The summed E-state index contributed by atoms with van der Waals surface area (Å²) in [5.74, 6) is 0.0600. The van der Waals surface area contributed by atoms with E-state index in [0.717, 1.165) is 29.8 Å². The highest BCUT2D eigenvalue weighted by molar-refractivity contribution is 7.14. The van der Waals surface area contributed by atoms with Crippen molar-refractivity contribution in [3.8, 4) is 0 Å². The van der Waals surface area contributed by atoms with Crippen molar-refractivity contribution in [2.75, 3.05) is 12.3 Å². The molecule has 1 amide bonds. The molecule has 0 aliphatic heterocycles. The topological polar surface area (TPSA) is 55.1 Å². The third-order valence-electron chi connectivity index (χ3n) is 3.90. The van der Waals surface area contributed by atoms with Crippen molar-refractivity contribution in [1.29, 1.82) is 0 Å². The van der Waals surface area contributed by atoms with Crippen LogP contribution in [0.1, 0.15) is 38.5 Å². The Kier molecular flexibility index (Phi) is 4.25. The van der Waals surface area contributed by atoms with E-state index in [1.165, 1.54) is 28.8 Å². The Balaban J connectivity index is 1.54. The van der Waals surface area contributed by atoms with E-state index in [1.807, 2.05) is 24.3 Å². The quantitative estimate of drug-likeness (QED) is 0.852. The molecule has 1 aliphatic rings. The first-order chi connectivity index (χ1) is 10.2. The molecule has 0 unspecified atom stereocenters. The Bertz CT molecular complexity index is 607. The molecule has 0 bridgehead atoms. The van der Waals surface area contributed by atoms with Crippen molar-refractivity contribution in [1.82, 2.24) is 5.32 Å². The predicted octanol–water partition coefficient (Wildman–Crippen LogP) is 3.18. The summed E-state index contributed by atoms with van der Waals surface area (Å²) >= 11 is 1.66. The highest BCUT2D eigenvalue weighted by Gasteiger charge is 2.16. The normalized spacial score (nSPS) is 13.7. The van der Waals surface area contributed by atoms with Crippen LogP contribution in [0.4, 0.5) is 5.69 Å². The number of carbonyl (C=O) groups excluding carboxylic acids is 1. The predicted molar refractivity (Wildman–Crippen MR) is 87.9 cm³/mol. The highest BCUT2D eigenvalue weighted by atomic mass is 32.1. The number of anilines is 1.